The Morgan fingerprint density at radius 3 is 2.50 bits per heavy atom. The molecule has 0 spiro atoms. The molecule has 0 fully saturated rings. The molecule has 1 atom stereocenters. The molecule has 100 valence electrons. The Balaban J connectivity index is 3.18. The van der Waals surface area contributed by atoms with Crippen LogP contribution < -0.4 is 0 Å². The molecule has 0 aliphatic carbocycles. The molecule has 0 aliphatic heterocycles. The van der Waals surface area contributed by atoms with E-state index in [2.05, 4.69) is 36.7 Å². The van der Waals surface area contributed by atoms with Gasteiger partial charge in [-0.05, 0) is 29.9 Å². The molecule has 1 aromatic rings. The first-order valence-electron chi connectivity index (χ1n) is 6.09. The summed E-state index contributed by atoms with van der Waals surface area (Å²) in [5.41, 5.74) is 2.22. The smallest absolute Gasteiger partial charge is 0.313 e. The van der Waals surface area contributed by atoms with Crippen LogP contribution in [0.25, 0.3) is 0 Å². The zero-order chi connectivity index (χ0) is 13.9. The lowest BCUT2D eigenvalue weighted by atomic mass is 9.81. The van der Waals surface area contributed by atoms with E-state index in [0.717, 1.165) is 22.0 Å². The fourth-order valence-corrected chi connectivity index (χ4v) is 2.55. The maximum Gasteiger partial charge on any atom is 0.313 e. The van der Waals surface area contributed by atoms with Crippen LogP contribution in [-0.2, 0) is 9.53 Å². The highest BCUT2D eigenvalue weighted by atomic mass is 79.9. The molecule has 0 N–H and O–H groups in total. The zero-order valence-corrected chi connectivity index (χ0v) is 13.3. The Bertz CT molecular complexity index is 433. The topological polar surface area (TPSA) is 26.3 Å². The third-order valence-corrected chi connectivity index (χ3v) is 3.98. The van der Waals surface area contributed by atoms with Gasteiger partial charge in [0.05, 0.1) is 13.0 Å². The van der Waals surface area contributed by atoms with Gasteiger partial charge in [-0.3, -0.25) is 4.79 Å². The molecule has 0 saturated heterocycles. The number of halogens is 1. The third kappa shape index (κ3) is 3.84. The van der Waals surface area contributed by atoms with Crippen molar-refractivity contribution in [2.24, 2.45) is 5.41 Å². The molecule has 2 nitrogen and oxygen atoms in total. The first kappa shape index (κ1) is 15.2. The zero-order valence-electron chi connectivity index (χ0n) is 11.7. The number of esters is 1. The van der Waals surface area contributed by atoms with Crippen molar-refractivity contribution in [3.05, 3.63) is 33.8 Å². The molecule has 0 bridgehead atoms. The third-order valence-electron chi connectivity index (χ3n) is 2.90. The van der Waals surface area contributed by atoms with Gasteiger partial charge in [0.1, 0.15) is 0 Å². The van der Waals surface area contributed by atoms with Gasteiger partial charge in [0.2, 0.25) is 0 Å². The molecule has 1 rings (SSSR count). The van der Waals surface area contributed by atoms with Crippen molar-refractivity contribution in [1.29, 1.82) is 0 Å². The predicted molar refractivity (Wildman–Crippen MR) is 77.7 cm³/mol. The van der Waals surface area contributed by atoms with E-state index in [9.17, 15) is 4.79 Å². The van der Waals surface area contributed by atoms with Gasteiger partial charge in [-0.15, -0.1) is 0 Å². The average Bonchev–Trinajstić information content (AvgIpc) is 2.28. The van der Waals surface area contributed by atoms with Gasteiger partial charge in [0.15, 0.2) is 0 Å². The van der Waals surface area contributed by atoms with Crippen molar-refractivity contribution in [2.45, 2.75) is 40.0 Å². The molecule has 1 aromatic carbocycles. The number of carbonyl (C=O) groups is 1. The number of methoxy groups -OCH3 is 1. The lowest BCUT2D eigenvalue weighted by molar-refractivity contribution is -0.143. The van der Waals surface area contributed by atoms with E-state index in [-0.39, 0.29) is 17.3 Å². The van der Waals surface area contributed by atoms with Gasteiger partial charge in [0, 0.05) is 4.47 Å². The number of rotatable bonds is 3. The Labute approximate surface area is 118 Å². The minimum absolute atomic E-state index is 0.0715. The van der Waals surface area contributed by atoms with E-state index < -0.39 is 0 Å². The highest BCUT2D eigenvalue weighted by Gasteiger charge is 2.28. The number of hydrogen-bond acceptors (Lipinski definition) is 2. The van der Waals surface area contributed by atoms with Crippen LogP contribution in [0.2, 0.25) is 0 Å². The number of benzene rings is 1. The number of carbonyl (C=O) groups excluding carboxylic acids is 1. The molecule has 0 aromatic heterocycles. The fraction of sp³-hybridized carbons (Fsp3) is 0.533. The highest BCUT2D eigenvalue weighted by molar-refractivity contribution is 9.10. The summed E-state index contributed by atoms with van der Waals surface area (Å²) in [5.74, 6) is -0.388. The largest absolute Gasteiger partial charge is 0.469 e. The lowest BCUT2D eigenvalue weighted by Crippen LogP contribution is -2.21. The predicted octanol–water partition coefficient (Wildman–Crippen LogP) is 4.45. The van der Waals surface area contributed by atoms with E-state index >= 15 is 0 Å². The first-order chi connectivity index (χ1) is 8.26. The molecule has 0 radical (unpaired) electrons. The number of ether oxygens (including phenoxy) is 1. The molecule has 0 saturated carbocycles. The summed E-state index contributed by atoms with van der Waals surface area (Å²) < 4.78 is 5.95. The molecule has 1 unspecified atom stereocenters. The number of hydrogen-bond donors (Lipinski definition) is 0. The SMILES string of the molecule is COC(=O)C(CC(C)(C)C)c1cccc(C)c1Br. The first-order valence-corrected chi connectivity index (χ1v) is 6.88. The van der Waals surface area contributed by atoms with Crippen molar-refractivity contribution in [3.8, 4) is 0 Å². The minimum Gasteiger partial charge on any atom is -0.469 e. The van der Waals surface area contributed by atoms with Crippen molar-refractivity contribution in [2.75, 3.05) is 7.11 Å². The normalized spacial score (nSPS) is 13.2. The second-order valence-electron chi connectivity index (χ2n) is 5.82. The molecular weight excluding hydrogens is 292 g/mol. The van der Waals surface area contributed by atoms with Crippen LogP contribution >= 0.6 is 15.9 Å². The summed E-state index contributed by atoms with van der Waals surface area (Å²) in [5, 5.41) is 0. The number of aryl methyl sites for hydroxylation is 1. The lowest BCUT2D eigenvalue weighted by Gasteiger charge is -2.25. The van der Waals surface area contributed by atoms with E-state index in [4.69, 9.17) is 4.74 Å². The van der Waals surface area contributed by atoms with Gasteiger partial charge < -0.3 is 4.74 Å². The monoisotopic (exact) mass is 312 g/mol. The van der Waals surface area contributed by atoms with Crippen LogP contribution in [0, 0.1) is 12.3 Å². The maximum atomic E-state index is 12.0. The van der Waals surface area contributed by atoms with Crippen LogP contribution in [0.5, 0.6) is 0 Å². The van der Waals surface area contributed by atoms with Crippen molar-refractivity contribution in [3.63, 3.8) is 0 Å². The molecule has 18 heavy (non-hydrogen) atoms. The van der Waals surface area contributed by atoms with E-state index in [0.29, 0.717) is 0 Å². The molecular formula is C15H21BrO2. The minimum atomic E-state index is -0.218. The second-order valence-corrected chi connectivity index (χ2v) is 6.61. The summed E-state index contributed by atoms with van der Waals surface area (Å²) >= 11 is 3.58. The highest BCUT2D eigenvalue weighted by Crippen LogP contribution is 2.36. The summed E-state index contributed by atoms with van der Waals surface area (Å²) in [7, 11) is 1.45. The van der Waals surface area contributed by atoms with Crippen LogP contribution in [0.15, 0.2) is 22.7 Å². The standard InChI is InChI=1S/C15H21BrO2/c1-10-7-6-8-11(13(10)16)12(14(17)18-5)9-15(2,3)4/h6-8,12H,9H2,1-5H3. The van der Waals surface area contributed by atoms with E-state index in [1.165, 1.54) is 7.11 Å². The van der Waals surface area contributed by atoms with Crippen LogP contribution in [0.3, 0.4) is 0 Å². The Hall–Kier alpha value is -0.830. The molecule has 3 heteroatoms. The van der Waals surface area contributed by atoms with Crippen LogP contribution in [-0.4, -0.2) is 13.1 Å². The summed E-state index contributed by atoms with van der Waals surface area (Å²) in [4.78, 5) is 12.0. The van der Waals surface area contributed by atoms with E-state index in [1.807, 2.05) is 25.1 Å². The molecule has 0 amide bonds. The van der Waals surface area contributed by atoms with Gasteiger partial charge >= 0.3 is 5.97 Å². The van der Waals surface area contributed by atoms with Crippen molar-refractivity contribution < 1.29 is 9.53 Å². The molecule has 0 aliphatic rings. The Morgan fingerprint density at radius 2 is 2.00 bits per heavy atom. The summed E-state index contributed by atoms with van der Waals surface area (Å²) in [6, 6.07) is 6.00. The van der Waals surface area contributed by atoms with Crippen molar-refractivity contribution >= 4 is 21.9 Å². The van der Waals surface area contributed by atoms with Gasteiger partial charge in [-0.25, -0.2) is 0 Å². The van der Waals surface area contributed by atoms with Crippen LogP contribution in [0.1, 0.15) is 44.2 Å². The van der Waals surface area contributed by atoms with Gasteiger partial charge in [-0.2, -0.15) is 0 Å². The quantitative estimate of drug-likeness (QED) is 0.771. The maximum absolute atomic E-state index is 12.0. The second kappa shape index (κ2) is 5.87. The summed E-state index contributed by atoms with van der Waals surface area (Å²) in [6.45, 7) is 8.42. The van der Waals surface area contributed by atoms with Gasteiger partial charge in [0.25, 0.3) is 0 Å². The average molecular weight is 313 g/mol. The van der Waals surface area contributed by atoms with Crippen molar-refractivity contribution in [1.82, 2.24) is 0 Å². The Kier molecular flexibility index (Phi) is 4.97. The summed E-state index contributed by atoms with van der Waals surface area (Å²) in [6.07, 6.45) is 0.766. The van der Waals surface area contributed by atoms with Gasteiger partial charge in [-0.1, -0.05) is 54.9 Å². The van der Waals surface area contributed by atoms with Crippen LogP contribution in [0.4, 0.5) is 0 Å². The fourth-order valence-electron chi connectivity index (χ4n) is 2.01. The molecule has 0 heterocycles. The Morgan fingerprint density at radius 1 is 1.39 bits per heavy atom. The van der Waals surface area contributed by atoms with E-state index in [1.54, 1.807) is 0 Å².